The number of hydrogen-bond acceptors (Lipinski definition) is 4. The number of H-pyrrole nitrogens is 2. The zero-order valence-corrected chi connectivity index (χ0v) is 15.3. The highest BCUT2D eigenvalue weighted by molar-refractivity contribution is 6.01. The summed E-state index contributed by atoms with van der Waals surface area (Å²) < 4.78 is 0. The van der Waals surface area contributed by atoms with Gasteiger partial charge in [-0.05, 0) is 12.1 Å². The average molecular weight is 386 g/mol. The zero-order valence-electron chi connectivity index (χ0n) is 15.3. The molecule has 2 aromatic heterocycles. The van der Waals surface area contributed by atoms with Crippen molar-refractivity contribution in [1.82, 2.24) is 20.8 Å². The number of carbonyl (C=O) groups excluding carboxylic acids is 2. The third kappa shape index (κ3) is 4.22. The first kappa shape index (κ1) is 18.2. The molecule has 4 N–H and O–H groups in total. The molecule has 4 rings (SSSR count). The molecule has 2 amide bonds. The number of hydrogen-bond donors (Lipinski definition) is 4. The highest BCUT2D eigenvalue weighted by Crippen LogP contribution is 2.16. The van der Waals surface area contributed by atoms with Gasteiger partial charge >= 0.3 is 0 Å². The van der Waals surface area contributed by atoms with E-state index in [1.165, 1.54) is 12.4 Å². The Morgan fingerprint density at radius 1 is 0.759 bits per heavy atom. The molecule has 2 aromatic carbocycles. The first-order valence-corrected chi connectivity index (χ1v) is 8.97. The minimum atomic E-state index is -0.527. The van der Waals surface area contributed by atoms with Crippen LogP contribution in [0.1, 0.15) is 17.5 Å². The number of hydrazone groups is 2. The molecule has 0 aliphatic rings. The normalized spacial score (nSPS) is 11.6. The fraction of sp³-hybridized carbons (Fsp3) is 0.0476. The van der Waals surface area contributed by atoms with E-state index >= 15 is 0 Å². The molecule has 0 unspecified atom stereocenters. The molecule has 0 spiro atoms. The highest BCUT2D eigenvalue weighted by atomic mass is 16.2. The summed E-state index contributed by atoms with van der Waals surface area (Å²) in [5.74, 6) is -1.05. The molecule has 4 aromatic rings. The van der Waals surface area contributed by atoms with Gasteiger partial charge in [-0.25, -0.2) is 10.9 Å². The van der Waals surface area contributed by atoms with E-state index in [1.807, 2.05) is 48.5 Å². The summed E-state index contributed by atoms with van der Waals surface area (Å²) in [6.07, 6.45) is 6.28. The van der Waals surface area contributed by atoms with Crippen LogP contribution in [0.2, 0.25) is 0 Å². The van der Waals surface area contributed by atoms with Crippen molar-refractivity contribution in [2.75, 3.05) is 0 Å². The van der Waals surface area contributed by atoms with Crippen LogP contribution in [0.4, 0.5) is 0 Å². The molecular weight excluding hydrogens is 368 g/mol. The first-order chi connectivity index (χ1) is 14.2. The third-order valence-electron chi connectivity index (χ3n) is 4.35. The monoisotopic (exact) mass is 386 g/mol. The van der Waals surface area contributed by atoms with Crippen molar-refractivity contribution in [2.24, 2.45) is 10.2 Å². The van der Waals surface area contributed by atoms with E-state index in [0.717, 1.165) is 32.9 Å². The van der Waals surface area contributed by atoms with Crippen LogP contribution in [0.5, 0.6) is 0 Å². The molecule has 0 radical (unpaired) electrons. The van der Waals surface area contributed by atoms with Crippen molar-refractivity contribution < 1.29 is 9.59 Å². The van der Waals surface area contributed by atoms with Crippen LogP contribution in [-0.4, -0.2) is 34.2 Å². The van der Waals surface area contributed by atoms with Crippen molar-refractivity contribution in [3.05, 3.63) is 72.1 Å². The molecule has 2 heterocycles. The van der Waals surface area contributed by atoms with Gasteiger partial charge in [0.05, 0.1) is 12.4 Å². The summed E-state index contributed by atoms with van der Waals surface area (Å²) in [5.41, 5.74) is 8.33. The van der Waals surface area contributed by atoms with Crippen molar-refractivity contribution in [1.29, 1.82) is 0 Å². The van der Waals surface area contributed by atoms with Crippen LogP contribution in [0.15, 0.2) is 71.1 Å². The van der Waals surface area contributed by atoms with E-state index in [4.69, 9.17) is 0 Å². The van der Waals surface area contributed by atoms with Gasteiger partial charge in [0.25, 0.3) is 0 Å². The van der Waals surface area contributed by atoms with Crippen molar-refractivity contribution in [2.45, 2.75) is 6.42 Å². The molecule has 0 saturated heterocycles. The van der Waals surface area contributed by atoms with E-state index in [9.17, 15) is 9.59 Å². The van der Waals surface area contributed by atoms with Gasteiger partial charge in [0.15, 0.2) is 0 Å². The smallest absolute Gasteiger partial charge is 0.249 e. The van der Waals surface area contributed by atoms with Gasteiger partial charge in [-0.1, -0.05) is 36.4 Å². The van der Waals surface area contributed by atoms with Crippen LogP contribution < -0.4 is 10.9 Å². The van der Waals surface area contributed by atoms with E-state index in [1.54, 1.807) is 12.4 Å². The number of nitrogens with one attached hydrogen (secondary N) is 4. The highest BCUT2D eigenvalue weighted by Gasteiger charge is 2.08. The number of amides is 2. The number of carbonyl (C=O) groups is 2. The topological polar surface area (TPSA) is 114 Å². The Labute approximate surface area is 165 Å². The van der Waals surface area contributed by atoms with Crippen LogP contribution in [0.25, 0.3) is 21.8 Å². The first-order valence-electron chi connectivity index (χ1n) is 8.97. The van der Waals surface area contributed by atoms with E-state index in [-0.39, 0.29) is 6.42 Å². The Morgan fingerprint density at radius 3 is 1.69 bits per heavy atom. The molecule has 0 fully saturated rings. The van der Waals surface area contributed by atoms with Crippen LogP contribution in [0, 0.1) is 0 Å². The Balaban J connectivity index is 1.27. The van der Waals surface area contributed by atoms with Crippen LogP contribution >= 0.6 is 0 Å². The Hall–Kier alpha value is -4.20. The maximum Gasteiger partial charge on any atom is 0.249 e. The second kappa shape index (κ2) is 8.22. The molecule has 0 saturated carbocycles. The van der Waals surface area contributed by atoms with Crippen LogP contribution in [0.3, 0.4) is 0 Å². The fourth-order valence-electron chi connectivity index (χ4n) is 2.97. The lowest BCUT2D eigenvalue weighted by Gasteiger charge is -1.99. The molecule has 0 aliphatic carbocycles. The van der Waals surface area contributed by atoms with Gasteiger partial charge in [-0.2, -0.15) is 10.2 Å². The average Bonchev–Trinajstić information content (AvgIpc) is 3.33. The van der Waals surface area contributed by atoms with Crippen molar-refractivity contribution in [3.8, 4) is 0 Å². The number of aromatic amines is 2. The number of para-hydroxylation sites is 2. The van der Waals surface area contributed by atoms with E-state index in [0.29, 0.717) is 0 Å². The van der Waals surface area contributed by atoms with Gasteiger partial charge in [0.1, 0.15) is 6.42 Å². The van der Waals surface area contributed by atoms with Gasteiger partial charge in [-0.3, -0.25) is 9.59 Å². The zero-order chi connectivity index (χ0) is 20.1. The van der Waals surface area contributed by atoms with Crippen LogP contribution in [-0.2, 0) is 9.59 Å². The molecule has 0 bridgehead atoms. The summed E-state index contributed by atoms with van der Waals surface area (Å²) in [6, 6.07) is 15.5. The lowest BCUT2D eigenvalue weighted by Crippen LogP contribution is -2.27. The number of rotatable bonds is 6. The number of fused-ring (bicyclic) bond motifs is 2. The molecule has 144 valence electrons. The Bertz CT molecular complexity index is 1140. The summed E-state index contributed by atoms with van der Waals surface area (Å²) in [6.45, 7) is 0. The summed E-state index contributed by atoms with van der Waals surface area (Å²) >= 11 is 0. The summed E-state index contributed by atoms with van der Waals surface area (Å²) in [7, 11) is 0. The predicted molar refractivity (Wildman–Crippen MR) is 113 cm³/mol. The van der Waals surface area contributed by atoms with Crippen molar-refractivity contribution >= 4 is 46.0 Å². The molecule has 29 heavy (non-hydrogen) atoms. The van der Waals surface area contributed by atoms with Gasteiger partial charge in [-0.15, -0.1) is 0 Å². The largest absolute Gasteiger partial charge is 0.361 e. The lowest BCUT2D eigenvalue weighted by atomic mass is 10.2. The maximum atomic E-state index is 11.9. The molecular formula is C21H18N6O2. The molecule has 8 heteroatoms. The SMILES string of the molecule is O=C(CC(=O)N/N=C\c1c[nH]c2ccccc12)N/N=C\c1c[nH]c2ccccc12. The Kier molecular flexibility index (Phi) is 5.15. The minimum absolute atomic E-state index is 0.379. The third-order valence-corrected chi connectivity index (χ3v) is 4.35. The number of nitrogens with zero attached hydrogens (tertiary/aromatic N) is 2. The molecule has 0 aliphatic heterocycles. The lowest BCUT2D eigenvalue weighted by molar-refractivity contribution is -0.129. The molecule has 8 nitrogen and oxygen atoms in total. The molecule has 0 atom stereocenters. The standard InChI is InChI=1S/C21H18N6O2/c28-20(26-24-12-14-10-22-18-7-3-1-5-16(14)18)9-21(29)27-25-13-15-11-23-19-8-4-2-6-17(15)19/h1-8,10-13,22-23H,9H2,(H,26,28)(H,27,29)/b24-12-,25-13-. The van der Waals surface area contributed by atoms with Gasteiger partial charge in [0.2, 0.25) is 11.8 Å². The number of benzene rings is 2. The summed E-state index contributed by atoms with van der Waals surface area (Å²) in [5, 5.41) is 9.80. The second-order valence-corrected chi connectivity index (χ2v) is 6.34. The minimum Gasteiger partial charge on any atom is -0.361 e. The quantitative estimate of drug-likeness (QED) is 0.232. The van der Waals surface area contributed by atoms with Gasteiger partial charge in [0, 0.05) is 45.3 Å². The maximum absolute atomic E-state index is 11.9. The number of aromatic nitrogens is 2. The second-order valence-electron chi connectivity index (χ2n) is 6.34. The Morgan fingerprint density at radius 2 is 1.21 bits per heavy atom. The van der Waals surface area contributed by atoms with Crippen molar-refractivity contribution in [3.63, 3.8) is 0 Å². The van der Waals surface area contributed by atoms with E-state index in [2.05, 4.69) is 31.0 Å². The van der Waals surface area contributed by atoms with E-state index < -0.39 is 11.8 Å². The fourth-order valence-corrected chi connectivity index (χ4v) is 2.97. The predicted octanol–water partition coefficient (Wildman–Crippen LogP) is 2.64. The summed E-state index contributed by atoms with van der Waals surface area (Å²) in [4.78, 5) is 30.0. The van der Waals surface area contributed by atoms with Gasteiger partial charge < -0.3 is 9.97 Å².